The van der Waals surface area contributed by atoms with E-state index < -0.39 is 28.9 Å². The summed E-state index contributed by atoms with van der Waals surface area (Å²) in [6.07, 6.45) is -4.83. The summed E-state index contributed by atoms with van der Waals surface area (Å²) < 4.78 is 49.1. The molecule has 39 heavy (non-hydrogen) atoms. The molecular weight excluding hydrogens is 507 g/mol. The first kappa shape index (κ1) is 25.4. The van der Waals surface area contributed by atoms with E-state index in [9.17, 15) is 23.1 Å². The fourth-order valence-corrected chi connectivity index (χ4v) is 4.32. The summed E-state index contributed by atoms with van der Waals surface area (Å²) >= 11 is 0. The number of imidazole rings is 1. The number of alkyl halides is 3. The van der Waals surface area contributed by atoms with Gasteiger partial charge < -0.3 is 9.84 Å². The van der Waals surface area contributed by atoms with E-state index in [0.29, 0.717) is 28.7 Å². The van der Waals surface area contributed by atoms with Crippen LogP contribution in [-0.2, 0) is 12.7 Å². The van der Waals surface area contributed by atoms with Gasteiger partial charge in [-0.05, 0) is 36.4 Å². The summed E-state index contributed by atoms with van der Waals surface area (Å²) in [5.74, 6) is 0.517. The third-order valence-corrected chi connectivity index (χ3v) is 6.12. The van der Waals surface area contributed by atoms with Crippen LogP contribution in [0.1, 0.15) is 16.7 Å². The summed E-state index contributed by atoms with van der Waals surface area (Å²) in [5.41, 5.74) is -1.58. The quantitative estimate of drug-likeness (QED) is 0.265. The van der Waals surface area contributed by atoms with Gasteiger partial charge in [-0.3, -0.25) is 4.57 Å². The molecule has 0 aliphatic heterocycles. The molecule has 1 N–H and O–H groups in total. The van der Waals surface area contributed by atoms with E-state index in [-0.39, 0.29) is 17.9 Å². The normalized spacial score (nSPS) is 11.2. The molecule has 1 aromatic heterocycles. The minimum absolute atomic E-state index is 0.0466. The molecule has 0 bridgehead atoms. The first-order valence-corrected chi connectivity index (χ1v) is 11.8. The number of nitriles is 1. The zero-order chi connectivity index (χ0) is 27.6. The van der Waals surface area contributed by atoms with Gasteiger partial charge in [-0.15, -0.1) is 0 Å². The average Bonchev–Trinajstić information content (AvgIpc) is 3.18. The van der Waals surface area contributed by atoms with Crippen LogP contribution in [-0.4, -0.2) is 14.2 Å². The molecule has 0 spiro atoms. The van der Waals surface area contributed by atoms with Crippen LogP contribution in [0, 0.1) is 11.3 Å². The van der Waals surface area contributed by atoms with Crippen molar-refractivity contribution in [3.63, 3.8) is 0 Å². The van der Waals surface area contributed by atoms with Crippen molar-refractivity contribution in [1.82, 2.24) is 9.13 Å². The summed E-state index contributed by atoms with van der Waals surface area (Å²) in [5, 5.41) is 20.4. The standard InChI is InChI=1S/C30H20F3N3O3/c31-30(32,33)25-17-23(16-15-21(25)18-34)36-28(37)27(20-9-3-1-4-10-20)35(29(36)38)19-22-11-7-8-14-26(22)39-24-12-5-2-6-13-24/h1-17,37H,19H2. The molecule has 5 aromatic rings. The molecule has 0 atom stereocenters. The van der Waals surface area contributed by atoms with Crippen molar-refractivity contribution in [2.45, 2.75) is 12.7 Å². The Balaban J connectivity index is 1.68. The Morgan fingerprint density at radius 1 is 0.872 bits per heavy atom. The van der Waals surface area contributed by atoms with Crippen LogP contribution in [0.4, 0.5) is 13.2 Å². The van der Waals surface area contributed by atoms with Crippen LogP contribution in [0.25, 0.3) is 16.9 Å². The number of hydrogen-bond acceptors (Lipinski definition) is 4. The Morgan fingerprint density at radius 2 is 1.51 bits per heavy atom. The second kappa shape index (κ2) is 10.3. The van der Waals surface area contributed by atoms with Crippen LogP contribution in [0.3, 0.4) is 0 Å². The van der Waals surface area contributed by atoms with Gasteiger partial charge in [-0.25, -0.2) is 9.36 Å². The topological polar surface area (TPSA) is 80.2 Å². The van der Waals surface area contributed by atoms with Crippen LogP contribution in [0.2, 0.25) is 0 Å². The van der Waals surface area contributed by atoms with E-state index in [1.54, 1.807) is 66.7 Å². The van der Waals surface area contributed by atoms with Gasteiger partial charge >= 0.3 is 11.9 Å². The first-order valence-electron chi connectivity index (χ1n) is 11.8. The third kappa shape index (κ3) is 5.00. The van der Waals surface area contributed by atoms with Crippen molar-refractivity contribution in [3.8, 4) is 40.4 Å². The highest BCUT2D eigenvalue weighted by atomic mass is 19.4. The van der Waals surface area contributed by atoms with E-state index in [4.69, 9.17) is 10.00 Å². The van der Waals surface area contributed by atoms with Crippen molar-refractivity contribution < 1.29 is 23.0 Å². The highest BCUT2D eigenvalue weighted by Gasteiger charge is 2.34. The number of nitrogens with zero attached hydrogens (tertiary/aromatic N) is 3. The maximum Gasteiger partial charge on any atom is 0.417 e. The second-order valence-corrected chi connectivity index (χ2v) is 8.60. The van der Waals surface area contributed by atoms with E-state index in [2.05, 4.69) is 0 Å². The Labute approximate surface area is 221 Å². The number of halogens is 3. The first-order chi connectivity index (χ1) is 18.8. The second-order valence-electron chi connectivity index (χ2n) is 8.60. The Hall–Kier alpha value is -5.23. The zero-order valence-electron chi connectivity index (χ0n) is 20.3. The summed E-state index contributed by atoms with van der Waals surface area (Å²) in [6.45, 7) is -0.0466. The largest absolute Gasteiger partial charge is 0.493 e. The SMILES string of the molecule is N#Cc1ccc(-n2c(O)c(-c3ccccc3)n(Cc3ccccc3Oc3ccccc3)c2=O)cc1C(F)(F)F. The number of benzene rings is 4. The maximum absolute atomic E-state index is 13.8. The zero-order valence-corrected chi connectivity index (χ0v) is 20.3. The molecule has 194 valence electrons. The lowest BCUT2D eigenvalue weighted by Gasteiger charge is -2.13. The predicted molar refractivity (Wildman–Crippen MR) is 139 cm³/mol. The van der Waals surface area contributed by atoms with Gasteiger partial charge in [0, 0.05) is 11.1 Å². The molecule has 1 heterocycles. The lowest BCUT2D eigenvalue weighted by atomic mass is 10.1. The van der Waals surface area contributed by atoms with Crippen LogP contribution in [0.5, 0.6) is 17.4 Å². The molecule has 0 aliphatic rings. The van der Waals surface area contributed by atoms with Gasteiger partial charge in [0.25, 0.3) is 0 Å². The van der Waals surface area contributed by atoms with E-state index >= 15 is 0 Å². The molecule has 0 saturated carbocycles. The van der Waals surface area contributed by atoms with Gasteiger partial charge in [-0.1, -0.05) is 66.7 Å². The number of aromatic nitrogens is 2. The predicted octanol–water partition coefficient (Wildman–Crippen LogP) is 6.74. The highest BCUT2D eigenvalue weighted by molar-refractivity contribution is 5.67. The third-order valence-electron chi connectivity index (χ3n) is 6.12. The molecule has 0 unspecified atom stereocenters. The molecule has 5 rings (SSSR count). The summed E-state index contributed by atoms with van der Waals surface area (Å²) in [7, 11) is 0. The fraction of sp³-hybridized carbons (Fsp3) is 0.0667. The Kier molecular flexibility index (Phi) is 6.69. The molecule has 4 aromatic carbocycles. The smallest absolute Gasteiger partial charge is 0.417 e. The van der Waals surface area contributed by atoms with Gasteiger partial charge in [0.2, 0.25) is 5.88 Å². The van der Waals surface area contributed by atoms with Gasteiger partial charge in [0.15, 0.2) is 0 Å². The van der Waals surface area contributed by atoms with Crippen molar-refractivity contribution in [1.29, 1.82) is 5.26 Å². The molecule has 0 amide bonds. The maximum atomic E-state index is 13.8. The highest BCUT2D eigenvalue weighted by Crippen LogP contribution is 2.36. The van der Waals surface area contributed by atoms with Gasteiger partial charge in [0.1, 0.15) is 17.2 Å². The van der Waals surface area contributed by atoms with Crippen molar-refractivity contribution in [2.75, 3.05) is 0 Å². The molecule has 0 aliphatic carbocycles. The average molecular weight is 528 g/mol. The number of aromatic hydroxyl groups is 1. The molecule has 0 radical (unpaired) electrons. The Morgan fingerprint density at radius 3 is 2.18 bits per heavy atom. The molecule has 0 fully saturated rings. The van der Waals surface area contributed by atoms with Crippen LogP contribution in [0.15, 0.2) is 108 Å². The van der Waals surface area contributed by atoms with E-state index in [0.717, 1.165) is 10.6 Å². The molecular formula is C30H20F3N3O3. The van der Waals surface area contributed by atoms with Gasteiger partial charge in [0.05, 0.1) is 29.4 Å². The Bertz CT molecular complexity index is 1740. The van der Waals surface area contributed by atoms with E-state index in [1.165, 1.54) is 16.7 Å². The monoisotopic (exact) mass is 527 g/mol. The number of rotatable bonds is 6. The van der Waals surface area contributed by atoms with Gasteiger partial charge in [-0.2, -0.15) is 18.4 Å². The number of ether oxygens (including phenoxy) is 1. The van der Waals surface area contributed by atoms with Crippen LogP contribution < -0.4 is 10.4 Å². The molecule has 9 heteroatoms. The van der Waals surface area contributed by atoms with Crippen molar-refractivity contribution in [3.05, 3.63) is 130 Å². The van der Waals surface area contributed by atoms with Crippen LogP contribution >= 0.6 is 0 Å². The minimum atomic E-state index is -4.83. The lowest BCUT2D eigenvalue weighted by Crippen LogP contribution is -2.24. The van der Waals surface area contributed by atoms with Crippen molar-refractivity contribution >= 4 is 0 Å². The summed E-state index contributed by atoms with van der Waals surface area (Å²) in [6, 6.07) is 29.1. The molecule has 0 saturated heterocycles. The van der Waals surface area contributed by atoms with Crippen molar-refractivity contribution in [2.24, 2.45) is 0 Å². The fourth-order valence-electron chi connectivity index (χ4n) is 4.32. The number of hydrogen-bond donors (Lipinski definition) is 1. The molecule has 6 nitrogen and oxygen atoms in total. The van der Waals surface area contributed by atoms with E-state index in [1.807, 2.05) is 18.2 Å². The minimum Gasteiger partial charge on any atom is -0.493 e. The summed E-state index contributed by atoms with van der Waals surface area (Å²) in [4.78, 5) is 13.8. The lowest BCUT2D eigenvalue weighted by molar-refractivity contribution is -0.137. The number of para-hydroxylation sites is 2.